The number of rotatable bonds is 2. The smallest absolute Gasteiger partial charge is 0.263 e. The summed E-state index contributed by atoms with van der Waals surface area (Å²) in [5.74, 6) is -0.0966. The summed E-state index contributed by atoms with van der Waals surface area (Å²) >= 11 is 13.5. The van der Waals surface area contributed by atoms with Gasteiger partial charge < -0.3 is 5.32 Å². The van der Waals surface area contributed by atoms with Crippen LogP contribution in [0.1, 0.15) is 34.5 Å². The van der Waals surface area contributed by atoms with Crippen molar-refractivity contribution in [2.75, 3.05) is 0 Å². The molecule has 16 heavy (non-hydrogen) atoms. The van der Waals surface area contributed by atoms with Crippen LogP contribution in [0, 0.1) is 6.92 Å². The topological polar surface area (TPSA) is 29.1 Å². The number of thiophene rings is 1. The highest BCUT2D eigenvalue weighted by Gasteiger charge is 2.28. The summed E-state index contributed by atoms with van der Waals surface area (Å²) in [5, 5.41) is 5.47. The van der Waals surface area contributed by atoms with Gasteiger partial charge in [0, 0.05) is 6.04 Å². The highest BCUT2D eigenvalue weighted by Crippen LogP contribution is 2.29. The summed E-state index contributed by atoms with van der Waals surface area (Å²) in [6.07, 6.45) is 3.02. The van der Waals surface area contributed by atoms with Gasteiger partial charge in [-0.3, -0.25) is 4.79 Å². The van der Waals surface area contributed by atoms with E-state index >= 15 is 0 Å². The van der Waals surface area contributed by atoms with Crippen LogP contribution >= 0.6 is 34.5 Å². The molecule has 1 fully saturated rings. The minimum absolute atomic E-state index is 0.0591. The molecule has 0 aliphatic heterocycles. The number of halogens is 2. The monoisotopic (exact) mass is 277 g/mol. The van der Waals surface area contributed by atoms with Crippen molar-refractivity contribution in [1.29, 1.82) is 0 Å². The first kappa shape index (κ1) is 12.2. The Morgan fingerprint density at radius 2 is 2.31 bits per heavy atom. The Labute approximate surface area is 109 Å². The predicted octanol–water partition coefficient (Wildman–Crippen LogP) is 3.60. The van der Waals surface area contributed by atoms with Crippen molar-refractivity contribution in [2.45, 2.75) is 37.6 Å². The van der Waals surface area contributed by atoms with E-state index < -0.39 is 0 Å². The fourth-order valence-corrected chi connectivity index (χ4v) is 3.42. The van der Waals surface area contributed by atoms with E-state index in [-0.39, 0.29) is 17.3 Å². The molecule has 0 saturated heterocycles. The van der Waals surface area contributed by atoms with E-state index in [1.165, 1.54) is 11.3 Å². The van der Waals surface area contributed by atoms with Gasteiger partial charge in [-0.1, -0.05) is 11.6 Å². The number of carbonyl (C=O) groups excluding carboxylic acids is 1. The molecule has 2 nitrogen and oxygen atoms in total. The predicted molar refractivity (Wildman–Crippen MR) is 68.8 cm³/mol. The lowest BCUT2D eigenvalue weighted by atomic mass is 10.2. The number of hydrogen-bond donors (Lipinski definition) is 1. The van der Waals surface area contributed by atoms with Gasteiger partial charge in [-0.25, -0.2) is 0 Å². The lowest BCUT2D eigenvalue weighted by Gasteiger charge is -2.15. The first-order valence-corrected chi connectivity index (χ1v) is 6.97. The number of amides is 1. The van der Waals surface area contributed by atoms with Crippen molar-refractivity contribution >= 4 is 40.4 Å². The summed E-state index contributed by atoms with van der Waals surface area (Å²) in [4.78, 5) is 12.5. The van der Waals surface area contributed by atoms with Crippen molar-refractivity contribution in [3.63, 3.8) is 0 Å². The average molecular weight is 278 g/mol. The van der Waals surface area contributed by atoms with Gasteiger partial charge in [-0.2, -0.15) is 0 Å². The minimum atomic E-state index is -0.0966. The van der Waals surface area contributed by atoms with E-state index in [9.17, 15) is 4.79 Å². The number of nitrogens with one attached hydrogen (secondary N) is 1. The fraction of sp³-hybridized carbons (Fsp3) is 0.545. The maximum absolute atomic E-state index is 11.9. The largest absolute Gasteiger partial charge is 0.347 e. The fourth-order valence-electron chi connectivity index (χ4n) is 1.89. The van der Waals surface area contributed by atoms with E-state index in [0.717, 1.165) is 24.8 Å². The van der Waals surface area contributed by atoms with Gasteiger partial charge in [0.1, 0.15) is 4.88 Å². The molecule has 1 aromatic heterocycles. The molecule has 1 saturated carbocycles. The lowest BCUT2D eigenvalue weighted by molar-refractivity contribution is 0.0942. The van der Waals surface area contributed by atoms with Crippen LogP contribution in [0.5, 0.6) is 0 Å². The summed E-state index contributed by atoms with van der Waals surface area (Å²) in [6, 6.07) is 0.0904. The third kappa shape index (κ3) is 2.36. The second kappa shape index (κ2) is 4.94. The van der Waals surface area contributed by atoms with Crippen molar-refractivity contribution in [3.8, 4) is 0 Å². The standard InChI is InChI=1S/C11H13Cl2NOS/c1-6-5-16-10(9(6)13)11(15)14-8-4-2-3-7(8)12/h5,7-8H,2-4H2,1H3,(H,14,15). The maximum atomic E-state index is 11.9. The Balaban J connectivity index is 2.06. The molecular formula is C11H13Cl2NOS. The quantitative estimate of drug-likeness (QED) is 0.823. The van der Waals surface area contributed by atoms with Crippen LogP contribution in [0.15, 0.2) is 5.38 Å². The van der Waals surface area contributed by atoms with Gasteiger partial charge in [0.05, 0.1) is 10.4 Å². The van der Waals surface area contributed by atoms with Gasteiger partial charge in [0.2, 0.25) is 0 Å². The molecule has 2 atom stereocenters. The number of aryl methyl sites for hydroxylation is 1. The molecule has 5 heteroatoms. The Morgan fingerprint density at radius 1 is 1.56 bits per heavy atom. The Morgan fingerprint density at radius 3 is 2.81 bits per heavy atom. The van der Waals surface area contributed by atoms with Crippen LogP contribution in [0.4, 0.5) is 0 Å². The van der Waals surface area contributed by atoms with Crippen molar-refractivity contribution in [2.24, 2.45) is 0 Å². The summed E-state index contributed by atoms with van der Waals surface area (Å²) in [6.45, 7) is 1.90. The highest BCUT2D eigenvalue weighted by atomic mass is 35.5. The number of alkyl halides is 1. The van der Waals surface area contributed by atoms with Gasteiger partial charge >= 0.3 is 0 Å². The molecule has 1 N–H and O–H groups in total. The Kier molecular flexibility index (Phi) is 3.77. The van der Waals surface area contributed by atoms with Gasteiger partial charge in [-0.15, -0.1) is 22.9 Å². The molecular weight excluding hydrogens is 265 g/mol. The molecule has 1 aliphatic rings. The molecule has 0 spiro atoms. The second-order valence-corrected chi connectivity index (χ2v) is 5.91. The van der Waals surface area contributed by atoms with E-state index in [1.54, 1.807) is 0 Å². The molecule has 1 aliphatic carbocycles. The van der Waals surface area contributed by atoms with Crippen molar-refractivity contribution in [3.05, 3.63) is 20.8 Å². The summed E-state index contributed by atoms with van der Waals surface area (Å²) < 4.78 is 0. The van der Waals surface area contributed by atoms with Gasteiger partial charge in [-0.05, 0) is 37.1 Å². The van der Waals surface area contributed by atoms with E-state index in [2.05, 4.69) is 5.32 Å². The molecule has 1 aromatic rings. The molecule has 88 valence electrons. The molecule has 0 aromatic carbocycles. The zero-order valence-corrected chi connectivity index (χ0v) is 11.3. The molecule has 2 unspecified atom stereocenters. The first-order chi connectivity index (χ1) is 7.59. The lowest BCUT2D eigenvalue weighted by Crippen LogP contribution is -2.37. The SMILES string of the molecule is Cc1csc(C(=O)NC2CCCC2Cl)c1Cl. The van der Waals surface area contributed by atoms with Crippen LogP contribution < -0.4 is 5.32 Å². The molecule has 2 rings (SSSR count). The molecule has 0 bridgehead atoms. The normalized spacial score (nSPS) is 24.7. The third-order valence-electron chi connectivity index (χ3n) is 2.85. The summed E-state index contributed by atoms with van der Waals surface area (Å²) in [7, 11) is 0. The Bertz CT molecular complexity index is 405. The van der Waals surface area contributed by atoms with E-state index in [1.807, 2.05) is 12.3 Å². The van der Waals surface area contributed by atoms with Crippen LogP contribution in [-0.2, 0) is 0 Å². The first-order valence-electron chi connectivity index (χ1n) is 5.28. The molecule has 1 amide bonds. The zero-order valence-electron chi connectivity index (χ0n) is 8.93. The average Bonchev–Trinajstić information content (AvgIpc) is 2.77. The molecule has 1 heterocycles. The van der Waals surface area contributed by atoms with E-state index in [4.69, 9.17) is 23.2 Å². The number of hydrogen-bond acceptors (Lipinski definition) is 2. The zero-order chi connectivity index (χ0) is 11.7. The van der Waals surface area contributed by atoms with Crippen molar-refractivity contribution < 1.29 is 4.79 Å². The third-order valence-corrected chi connectivity index (χ3v) is 5.07. The Hall–Kier alpha value is -0.250. The van der Waals surface area contributed by atoms with Crippen LogP contribution in [0.25, 0.3) is 0 Å². The maximum Gasteiger partial charge on any atom is 0.263 e. The highest BCUT2D eigenvalue weighted by molar-refractivity contribution is 7.13. The van der Waals surface area contributed by atoms with Gasteiger partial charge in [0.15, 0.2) is 0 Å². The second-order valence-electron chi connectivity index (χ2n) is 4.09. The minimum Gasteiger partial charge on any atom is -0.347 e. The van der Waals surface area contributed by atoms with E-state index in [0.29, 0.717) is 9.90 Å². The van der Waals surface area contributed by atoms with Crippen LogP contribution in [-0.4, -0.2) is 17.3 Å². The molecule has 0 radical (unpaired) electrons. The van der Waals surface area contributed by atoms with Gasteiger partial charge in [0.25, 0.3) is 5.91 Å². The number of carbonyl (C=O) groups is 1. The summed E-state index contributed by atoms with van der Waals surface area (Å²) in [5.41, 5.74) is 0.950. The van der Waals surface area contributed by atoms with Crippen LogP contribution in [0.2, 0.25) is 5.02 Å². The van der Waals surface area contributed by atoms with Crippen LogP contribution in [0.3, 0.4) is 0 Å². The van der Waals surface area contributed by atoms with Crippen molar-refractivity contribution in [1.82, 2.24) is 5.32 Å².